The highest BCUT2D eigenvalue weighted by molar-refractivity contribution is 7.80. The van der Waals surface area contributed by atoms with Gasteiger partial charge in [0, 0.05) is 23.3 Å². The number of para-hydroxylation sites is 1. The number of rotatable bonds is 5. The van der Waals surface area contributed by atoms with Crippen LogP contribution in [0.2, 0.25) is 0 Å². The van der Waals surface area contributed by atoms with Gasteiger partial charge in [0.2, 0.25) is 0 Å². The Bertz CT molecular complexity index is 1480. The molecular formula is C28H25FN4O2S. The second kappa shape index (κ2) is 9.20. The molecule has 0 amide bonds. The zero-order valence-electron chi connectivity index (χ0n) is 20.1. The number of thiocarbonyl (C=S) groups is 1. The molecule has 36 heavy (non-hydrogen) atoms. The lowest BCUT2D eigenvalue weighted by atomic mass is 9.96. The molecule has 0 saturated carbocycles. The van der Waals surface area contributed by atoms with E-state index in [9.17, 15) is 9.90 Å². The number of carboxylic acid groups (broad SMARTS) is 1. The molecule has 5 rings (SSSR count). The maximum absolute atomic E-state index is 15.1. The molecular weight excluding hydrogens is 475 g/mol. The molecule has 1 aliphatic heterocycles. The third kappa shape index (κ3) is 3.93. The monoisotopic (exact) mass is 500 g/mol. The Morgan fingerprint density at radius 1 is 1.03 bits per heavy atom. The molecule has 6 nitrogen and oxygen atoms in total. The molecule has 0 radical (unpaired) electrons. The van der Waals surface area contributed by atoms with Gasteiger partial charge in [-0.25, -0.2) is 9.18 Å². The number of hydrogen-bond donors (Lipinski definition) is 2. The summed E-state index contributed by atoms with van der Waals surface area (Å²) in [4.78, 5) is 18.1. The van der Waals surface area contributed by atoms with Crippen LogP contribution >= 0.6 is 12.2 Å². The Balaban J connectivity index is 1.71. The minimum atomic E-state index is -0.981. The standard InChI is InChI=1S/C28H25FN4O2S/c1-16-11-12-19(27(34)35)15-24(16)32-17(2)14-20(18(32)3)26-25(22-9-6-7-13-30-22)31-28(36)33(26)23-10-5-4-8-21(23)29/h4-15,25-26H,1-3H3,(H,31,36)(H,34,35)/t25-,26-/m1/s1. The van der Waals surface area contributed by atoms with Crippen molar-refractivity contribution in [1.82, 2.24) is 14.9 Å². The number of hydrogen-bond acceptors (Lipinski definition) is 3. The Morgan fingerprint density at radius 3 is 2.47 bits per heavy atom. The molecule has 1 aliphatic rings. The van der Waals surface area contributed by atoms with Crippen molar-refractivity contribution in [3.63, 3.8) is 0 Å². The molecule has 4 aromatic rings. The molecule has 0 bridgehead atoms. The second-order valence-corrected chi connectivity index (χ2v) is 9.30. The zero-order valence-corrected chi connectivity index (χ0v) is 20.9. The lowest BCUT2D eigenvalue weighted by Gasteiger charge is -2.28. The van der Waals surface area contributed by atoms with Gasteiger partial charge in [0.1, 0.15) is 5.82 Å². The molecule has 182 valence electrons. The van der Waals surface area contributed by atoms with Gasteiger partial charge in [0.15, 0.2) is 5.11 Å². The summed E-state index contributed by atoms with van der Waals surface area (Å²) in [6, 6.07) is 18.7. The summed E-state index contributed by atoms with van der Waals surface area (Å²) in [5.41, 5.74) is 5.91. The Labute approximate surface area is 214 Å². The number of halogens is 1. The number of anilines is 1. The molecule has 1 saturated heterocycles. The molecule has 0 unspecified atom stereocenters. The van der Waals surface area contributed by atoms with Crippen molar-refractivity contribution in [1.29, 1.82) is 0 Å². The third-order valence-corrected chi connectivity index (χ3v) is 7.01. The highest BCUT2D eigenvalue weighted by atomic mass is 32.1. The number of pyridine rings is 1. The van der Waals surface area contributed by atoms with Gasteiger partial charge in [-0.2, -0.15) is 0 Å². The Hall–Kier alpha value is -4.04. The lowest BCUT2D eigenvalue weighted by molar-refractivity contribution is 0.0697. The molecule has 0 spiro atoms. The van der Waals surface area contributed by atoms with Crippen LogP contribution in [0, 0.1) is 26.6 Å². The predicted molar refractivity (Wildman–Crippen MR) is 141 cm³/mol. The van der Waals surface area contributed by atoms with Gasteiger partial charge in [0.05, 0.1) is 29.0 Å². The fraction of sp³-hybridized carbons (Fsp3) is 0.179. The van der Waals surface area contributed by atoms with E-state index < -0.39 is 5.97 Å². The van der Waals surface area contributed by atoms with E-state index >= 15 is 4.39 Å². The summed E-state index contributed by atoms with van der Waals surface area (Å²) >= 11 is 5.73. The molecule has 0 aliphatic carbocycles. The van der Waals surface area contributed by atoms with E-state index in [-0.39, 0.29) is 23.5 Å². The number of nitrogens with zero attached hydrogens (tertiary/aromatic N) is 3. The van der Waals surface area contributed by atoms with E-state index in [2.05, 4.69) is 16.4 Å². The number of carbonyl (C=O) groups is 1. The van der Waals surface area contributed by atoms with Gasteiger partial charge in [0.25, 0.3) is 0 Å². The molecule has 2 atom stereocenters. The van der Waals surface area contributed by atoms with Gasteiger partial charge < -0.3 is 19.9 Å². The van der Waals surface area contributed by atoms with E-state index in [1.165, 1.54) is 6.07 Å². The summed E-state index contributed by atoms with van der Waals surface area (Å²) in [6.07, 6.45) is 1.73. The molecule has 8 heteroatoms. The highest BCUT2D eigenvalue weighted by Crippen LogP contribution is 2.44. The van der Waals surface area contributed by atoms with Gasteiger partial charge in [-0.15, -0.1) is 0 Å². The zero-order chi connectivity index (χ0) is 25.6. The number of benzene rings is 2. The minimum absolute atomic E-state index is 0.215. The topological polar surface area (TPSA) is 70.4 Å². The van der Waals surface area contributed by atoms with Crippen LogP contribution in [0.15, 0.2) is 72.9 Å². The fourth-order valence-corrected chi connectivity index (χ4v) is 5.36. The maximum atomic E-state index is 15.1. The molecule has 2 N–H and O–H groups in total. The quantitative estimate of drug-likeness (QED) is 0.337. The van der Waals surface area contributed by atoms with E-state index in [1.807, 2.05) is 54.5 Å². The first kappa shape index (κ1) is 23.7. The summed E-state index contributed by atoms with van der Waals surface area (Å²) in [5.74, 6) is -1.35. The number of nitrogens with one attached hydrogen (secondary N) is 1. The van der Waals surface area contributed by atoms with Crippen molar-refractivity contribution in [2.75, 3.05) is 4.90 Å². The van der Waals surface area contributed by atoms with E-state index in [1.54, 1.807) is 36.5 Å². The molecule has 3 heterocycles. The Morgan fingerprint density at radius 2 is 1.78 bits per heavy atom. The largest absolute Gasteiger partial charge is 0.478 e. The minimum Gasteiger partial charge on any atom is -0.478 e. The van der Waals surface area contributed by atoms with E-state index in [0.717, 1.165) is 33.9 Å². The third-order valence-electron chi connectivity index (χ3n) is 6.70. The van der Waals surface area contributed by atoms with Crippen LogP contribution in [-0.2, 0) is 0 Å². The number of aromatic carboxylic acids is 1. The molecule has 2 aromatic carbocycles. The smallest absolute Gasteiger partial charge is 0.335 e. The lowest BCUT2D eigenvalue weighted by Crippen LogP contribution is -2.30. The van der Waals surface area contributed by atoms with Crippen LogP contribution in [-0.4, -0.2) is 25.7 Å². The van der Waals surface area contributed by atoms with Crippen LogP contribution in [0.25, 0.3) is 5.69 Å². The second-order valence-electron chi connectivity index (χ2n) is 8.92. The maximum Gasteiger partial charge on any atom is 0.335 e. The van der Waals surface area contributed by atoms with Crippen molar-refractivity contribution >= 4 is 29.0 Å². The van der Waals surface area contributed by atoms with Gasteiger partial charge in [-0.05, 0) is 86.6 Å². The number of carboxylic acids is 1. The first-order valence-electron chi connectivity index (χ1n) is 11.6. The average Bonchev–Trinajstić information content (AvgIpc) is 3.35. The van der Waals surface area contributed by atoms with Crippen molar-refractivity contribution in [3.8, 4) is 5.69 Å². The molecule has 2 aromatic heterocycles. The molecule has 1 fully saturated rings. The predicted octanol–water partition coefficient (Wildman–Crippen LogP) is 5.81. The van der Waals surface area contributed by atoms with Gasteiger partial charge >= 0.3 is 5.97 Å². The van der Waals surface area contributed by atoms with Crippen LogP contribution in [0.3, 0.4) is 0 Å². The van der Waals surface area contributed by atoms with Gasteiger partial charge in [-0.1, -0.05) is 24.3 Å². The number of aromatic nitrogens is 2. The van der Waals surface area contributed by atoms with Crippen LogP contribution in [0.4, 0.5) is 10.1 Å². The first-order valence-corrected chi connectivity index (χ1v) is 12.0. The van der Waals surface area contributed by atoms with Crippen molar-refractivity contribution < 1.29 is 14.3 Å². The SMILES string of the molecule is Cc1ccc(C(=O)O)cc1-n1c(C)cc([C@@H]2[C@@H](c3ccccn3)NC(=S)N2c2ccccc2F)c1C. The van der Waals surface area contributed by atoms with Crippen molar-refractivity contribution in [2.45, 2.75) is 32.9 Å². The van der Waals surface area contributed by atoms with Crippen molar-refractivity contribution in [3.05, 3.63) is 113 Å². The van der Waals surface area contributed by atoms with Crippen LogP contribution in [0.1, 0.15) is 50.7 Å². The summed E-state index contributed by atoms with van der Waals surface area (Å²) in [5, 5.41) is 13.3. The van der Waals surface area contributed by atoms with Crippen LogP contribution < -0.4 is 10.2 Å². The number of aryl methyl sites for hydroxylation is 2. The average molecular weight is 501 g/mol. The van der Waals surface area contributed by atoms with E-state index in [4.69, 9.17) is 12.2 Å². The van der Waals surface area contributed by atoms with Crippen molar-refractivity contribution in [2.24, 2.45) is 0 Å². The van der Waals surface area contributed by atoms with Gasteiger partial charge in [-0.3, -0.25) is 4.98 Å². The normalized spacial score (nSPS) is 17.3. The van der Waals surface area contributed by atoms with E-state index in [0.29, 0.717) is 10.8 Å². The highest BCUT2D eigenvalue weighted by Gasteiger charge is 2.43. The first-order chi connectivity index (χ1) is 17.3. The van der Waals surface area contributed by atoms with Crippen LogP contribution in [0.5, 0.6) is 0 Å². The summed E-state index contributed by atoms with van der Waals surface area (Å²) in [7, 11) is 0. The summed E-state index contributed by atoms with van der Waals surface area (Å²) < 4.78 is 17.1. The fourth-order valence-electron chi connectivity index (χ4n) is 5.02. The summed E-state index contributed by atoms with van der Waals surface area (Å²) in [6.45, 7) is 5.92. The Kier molecular flexibility index (Phi) is 6.05.